The van der Waals surface area contributed by atoms with Gasteiger partial charge in [0.05, 0.1) is 5.69 Å². The molecule has 0 atom stereocenters. The number of H-pyrrole nitrogens is 1. The van der Waals surface area contributed by atoms with Crippen LogP contribution < -0.4 is 4.91 Å². The van der Waals surface area contributed by atoms with E-state index in [0.29, 0.717) is 11.7 Å². The fraction of sp³-hybridized carbons (Fsp3) is 0.625. The number of aryl methyl sites for hydroxylation is 1. The van der Waals surface area contributed by atoms with E-state index >= 15 is 0 Å². The van der Waals surface area contributed by atoms with Crippen LogP contribution in [0.15, 0.2) is 5.11 Å². The van der Waals surface area contributed by atoms with Crippen LogP contribution in [0.25, 0.3) is 0 Å². The maximum Gasteiger partial charge on any atom is 0.214 e. The molecule has 0 saturated carbocycles. The zero-order valence-corrected chi connectivity index (χ0v) is 8.80. The number of halogens is 1. The number of nitrogens with zero attached hydrogens (tertiary/aromatic N) is 3. The lowest BCUT2D eigenvalue weighted by Crippen LogP contribution is -1.88. The summed E-state index contributed by atoms with van der Waals surface area (Å²) >= 11 is 5.85. The minimum absolute atomic E-state index is 0.293. The number of hydrogen-bond donors (Lipinski definition) is 2. The van der Waals surface area contributed by atoms with Gasteiger partial charge in [0.15, 0.2) is 11.7 Å². The molecule has 0 unspecified atom stereocenters. The van der Waals surface area contributed by atoms with E-state index in [1.807, 2.05) is 0 Å². The summed E-state index contributed by atoms with van der Waals surface area (Å²) in [6, 6.07) is 0. The molecule has 1 aromatic rings. The molecule has 0 bridgehead atoms. The van der Waals surface area contributed by atoms with Crippen molar-refractivity contribution >= 4 is 11.6 Å². The summed E-state index contributed by atoms with van der Waals surface area (Å²) in [7, 11) is 0. The third-order valence-electron chi connectivity index (χ3n) is 1.84. The Balaban J connectivity index is 2.66. The Bertz CT molecular complexity index is 340. The first kappa shape index (κ1) is 10.9. The van der Waals surface area contributed by atoms with Crippen LogP contribution >= 0.6 is 11.6 Å². The van der Waals surface area contributed by atoms with Crippen LogP contribution in [0.2, 0.25) is 5.15 Å². The van der Waals surface area contributed by atoms with Gasteiger partial charge in [-0.25, -0.2) is 4.98 Å². The van der Waals surface area contributed by atoms with Gasteiger partial charge in [0.2, 0.25) is 4.91 Å². The van der Waals surface area contributed by atoms with E-state index in [4.69, 9.17) is 17.1 Å². The Labute approximate surface area is 87.1 Å². The molecule has 0 aliphatic rings. The minimum Gasteiger partial charge on any atom is -0.343 e. The number of nitrogens with one attached hydrogen (secondary N) is 2. The third-order valence-corrected chi connectivity index (χ3v) is 2.16. The highest BCUT2D eigenvalue weighted by molar-refractivity contribution is 6.30. The normalized spacial score (nSPS) is 9.86. The van der Waals surface area contributed by atoms with Gasteiger partial charge in [-0.1, -0.05) is 24.9 Å². The second-order valence-electron chi connectivity index (χ2n) is 2.96. The Morgan fingerprint density at radius 1 is 1.64 bits per heavy atom. The summed E-state index contributed by atoms with van der Waals surface area (Å²) in [5, 5.41) is 3.97. The highest BCUT2D eigenvalue weighted by atomic mass is 35.5. The second-order valence-corrected chi connectivity index (χ2v) is 3.31. The first-order valence-corrected chi connectivity index (χ1v) is 4.92. The van der Waals surface area contributed by atoms with Crippen molar-refractivity contribution in [2.45, 2.75) is 32.7 Å². The van der Waals surface area contributed by atoms with Crippen LogP contribution in [0.1, 0.15) is 31.3 Å². The maximum atomic E-state index is 6.52. The van der Waals surface area contributed by atoms with Crippen molar-refractivity contribution in [2.24, 2.45) is 5.11 Å². The van der Waals surface area contributed by atoms with Crippen molar-refractivity contribution in [3.8, 4) is 0 Å². The van der Waals surface area contributed by atoms with E-state index < -0.39 is 0 Å². The lowest BCUT2D eigenvalue weighted by Gasteiger charge is -1.91. The molecule has 0 aromatic carbocycles. The lowest BCUT2D eigenvalue weighted by molar-refractivity contribution is 0.757. The average molecular weight is 215 g/mol. The fourth-order valence-corrected chi connectivity index (χ4v) is 1.32. The minimum atomic E-state index is 0.293. The Morgan fingerprint density at radius 3 is 3.07 bits per heavy atom. The van der Waals surface area contributed by atoms with Crippen LogP contribution in [-0.2, 0) is 13.0 Å². The number of aromatic nitrogens is 2. The molecule has 0 aliphatic heterocycles. The Morgan fingerprint density at radius 2 is 2.43 bits per heavy atom. The quantitative estimate of drug-likeness (QED) is 0.573. The molecule has 6 heteroatoms. The molecule has 5 nitrogen and oxygen atoms in total. The predicted molar refractivity (Wildman–Crippen MR) is 53.2 cm³/mol. The molecule has 1 aromatic heterocycles. The number of aromatic amines is 1. The van der Waals surface area contributed by atoms with Gasteiger partial charge in [0.1, 0.15) is 16.5 Å². The van der Waals surface area contributed by atoms with Crippen LogP contribution in [0.4, 0.5) is 0 Å². The van der Waals surface area contributed by atoms with E-state index in [1.54, 1.807) is 0 Å². The smallest absolute Gasteiger partial charge is 0.214 e. The van der Waals surface area contributed by atoms with E-state index in [-0.39, 0.29) is 0 Å². The summed E-state index contributed by atoms with van der Waals surface area (Å²) in [5.74, 6) is 0.882. The molecule has 76 valence electrons. The van der Waals surface area contributed by atoms with E-state index in [0.717, 1.165) is 30.8 Å². The molecule has 14 heavy (non-hydrogen) atoms. The zero-order chi connectivity index (χ0) is 10.4. The Hall–Kier alpha value is -1.19. The lowest BCUT2D eigenvalue weighted by atomic mass is 10.2. The first-order chi connectivity index (χ1) is 6.77. The molecule has 0 amide bonds. The molecule has 0 spiro atoms. The van der Waals surface area contributed by atoms with Crippen molar-refractivity contribution in [1.82, 2.24) is 14.9 Å². The molecule has 0 fully saturated rings. The largest absolute Gasteiger partial charge is 0.343 e. The van der Waals surface area contributed by atoms with E-state index in [2.05, 4.69) is 26.9 Å². The van der Waals surface area contributed by atoms with Gasteiger partial charge in [-0.2, -0.15) is 0 Å². The molecular formula is C8H13ClN5+. The second kappa shape index (κ2) is 5.52. The standard InChI is InChI=1S/C8H13ClN5/c1-2-3-4-7-12-6(5-11-14-10)8(9)13-7/h10H,2-5H2,1H3,(H,12,13)/q+1. The molecule has 0 radical (unpaired) electrons. The molecular weight excluding hydrogens is 202 g/mol. The van der Waals surface area contributed by atoms with Gasteiger partial charge in [-0.3, -0.25) is 0 Å². The third kappa shape index (κ3) is 2.94. The summed E-state index contributed by atoms with van der Waals surface area (Å²) in [6.45, 7) is 2.42. The van der Waals surface area contributed by atoms with Gasteiger partial charge < -0.3 is 4.98 Å². The molecule has 1 rings (SSSR count). The van der Waals surface area contributed by atoms with Crippen LogP contribution in [0.5, 0.6) is 0 Å². The van der Waals surface area contributed by atoms with Crippen molar-refractivity contribution < 1.29 is 0 Å². The van der Waals surface area contributed by atoms with E-state index in [1.165, 1.54) is 0 Å². The van der Waals surface area contributed by atoms with E-state index in [9.17, 15) is 0 Å². The fourth-order valence-electron chi connectivity index (χ4n) is 1.11. The summed E-state index contributed by atoms with van der Waals surface area (Å²) < 4.78 is 0. The van der Waals surface area contributed by atoms with Gasteiger partial charge in [0.25, 0.3) is 0 Å². The highest BCUT2D eigenvalue weighted by Gasteiger charge is 2.08. The molecule has 2 N–H and O–H groups in total. The van der Waals surface area contributed by atoms with Crippen LogP contribution in [0.3, 0.4) is 0 Å². The summed E-state index contributed by atoms with van der Waals surface area (Å²) in [5.41, 5.74) is 7.25. The number of hydrogen-bond acceptors (Lipinski definition) is 3. The molecule has 0 aliphatic carbocycles. The first-order valence-electron chi connectivity index (χ1n) is 4.54. The van der Waals surface area contributed by atoms with Gasteiger partial charge in [-0.05, 0) is 6.42 Å². The number of unbranched alkanes of at least 4 members (excludes halogenated alkanes) is 1. The maximum absolute atomic E-state index is 6.52. The predicted octanol–water partition coefficient (Wildman–Crippen LogP) is 2.46. The monoisotopic (exact) mass is 214 g/mol. The van der Waals surface area contributed by atoms with Gasteiger partial charge in [0, 0.05) is 6.42 Å². The highest BCUT2D eigenvalue weighted by Crippen LogP contribution is 2.14. The SMILES string of the molecule is CCCCc1nc(Cl)c(CN=[N+]=N)[nH]1. The summed E-state index contributed by atoms with van der Waals surface area (Å²) in [4.78, 5) is 10.1. The van der Waals surface area contributed by atoms with Crippen molar-refractivity contribution in [3.05, 3.63) is 16.7 Å². The molecule has 0 saturated heterocycles. The van der Waals surface area contributed by atoms with Crippen LogP contribution in [0, 0.1) is 5.53 Å². The topological polar surface area (TPSA) is 79.0 Å². The van der Waals surface area contributed by atoms with Gasteiger partial charge in [-0.15, -0.1) is 0 Å². The Kier molecular flexibility index (Phi) is 4.29. The number of rotatable bonds is 5. The van der Waals surface area contributed by atoms with Crippen molar-refractivity contribution in [1.29, 1.82) is 5.53 Å². The molecule has 1 heterocycles. The number of imidazole rings is 1. The summed E-state index contributed by atoms with van der Waals surface area (Å²) in [6.07, 6.45) is 3.11. The van der Waals surface area contributed by atoms with Gasteiger partial charge >= 0.3 is 0 Å². The van der Waals surface area contributed by atoms with Crippen LogP contribution in [-0.4, -0.2) is 9.97 Å². The average Bonchev–Trinajstić information content (AvgIpc) is 2.53. The zero-order valence-electron chi connectivity index (χ0n) is 8.05. The van der Waals surface area contributed by atoms with Crippen molar-refractivity contribution in [2.75, 3.05) is 0 Å². The van der Waals surface area contributed by atoms with Crippen molar-refractivity contribution in [3.63, 3.8) is 0 Å².